The molecule has 0 unspecified atom stereocenters. The number of ether oxygens (including phenoxy) is 2. The maximum absolute atomic E-state index is 13.3. The predicted octanol–water partition coefficient (Wildman–Crippen LogP) is 3.63. The zero-order chi connectivity index (χ0) is 22.7. The Labute approximate surface area is 184 Å². The van der Waals surface area contributed by atoms with E-state index in [4.69, 9.17) is 14.6 Å². The van der Waals surface area contributed by atoms with Gasteiger partial charge in [-0.25, -0.2) is 4.79 Å². The Morgan fingerprint density at radius 2 is 1.78 bits per heavy atom. The number of carbonyl (C=O) groups excluding carboxylic acids is 1. The zero-order valence-electron chi connectivity index (χ0n) is 17.4. The summed E-state index contributed by atoms with van der Waals surface area (Å²) in [6.45, 7) is 0. The Kier molecular flexibility index (Phi) is 5.67. The molecule has 3 aromatic rings. The first-order valence-corrected chi connectivity index (χ1v) is 9.62. The summed E-state index contributed by atoms with van der Waals surface area (Å²) in [5.74, 6) is -0.276. The third kappa shape index (κ3) is 3.93. The molecule has 0 aliphatic carbocycles. The van der Waals surface area contributed by atoms with Gasteiger partial charge >= 0.3 is 5.97 Å². The number of aromatic carboxylic acids is 1. The van der Waals surface area contributed by atoms with Crippen LogP contribution in [0.1, 0.15) is 21.5 Å². The molecule has 2 heterocycles. The lowest BCUT2D eigenvalue weighted by Gasteiger charge is -2.12. The molecule has 0 spiro atoms. The number of anilines is 1. The van der Waals surface area contributed by atoms with Crippen molar-refractivity contribution >= 4 is 29.4 Å². The van der Waals surface area contributed by atoms with Crippen molar-refractivity contribution in [1.82, 2.24) is 4.98 Å². The highest BCUT2D eigenvalue weighted by Crippen LogP contribution is 2.31. The molecule has 2 aromatic carbocycles. The fourth-order valence-corrected chi connectivity index (χ4v) is 3.29. The van der Waals surface area contributed by atoms with Crippen molar-refractivity contribution in [3.05, 3.63) is 89.3 Å². The van der Waals surface area contributed by atoms with Gasteiger partial charge in [0.05, 0.1) is 31.0 Å². The summed E-state index contributed by atoms with van der Waals surface area (Å²) in [4.78, 5) is 28.6. The highest BCUT2D eigenvalue weighted by atomic mass is 16.5. The molecule has 8 heteroatoms. The quantitative estimate of drug-likeness (QED) is 0.601. The lowest BCUT2D eigenvalue weighted by molar-refractivity contribution is -0.114. The van der Waals surface area contributed by atoms with Crippen molar-refractivity contribution in [2.75, 3.05) is 19.2 Å². The van der Waals surface area contributed by atoms with E-state index in [9.17, 15) is 9.59 Å². The number of carboxylic acid groups (broad SMARTS) is 1. The highest BCUT2D eigenvalue weighted by Gasteiger charge is 2.32. The molecule has 32 heavy (non-hydrogen) atoms. The van der Waals surface area contributed by atoms with Crippen molar-refractivity contribution in [2.24, 2.45) is 5.10 Å². The molecule has 160 valence electrons. The number of methoxy groups -OCH3 is 2. The molecule has 0 fully saturated rings. The topological polar surface area (TPSA) is 101 Å². The van der Waals surface area contributed by atoms with E-state index in [-0.39, 0.29) is 11.5 Å². The van der Waals surface area contributed by atoms with Gasteiger partial charge in [-0.05, 0) is 60.2 Å². The normalized spacial score (nSPS) is 14.4. The van der Waals surface area contributed by atoms with Crippen LogP contribution in [0.5, 0.6) is 11.5 Å². The van der Waals surface area contributed by atoms with Gasteiger partial charge in [0.25, 0.3) is 5.91 Å². The van der Waals surface area contributed by atoms with E-state index in [0.29, 0.717) is 34.0 Å². The number of nitrogens with zero attached hydrogens (tertiary/aromatic N) is 3. The van der Waals surface area contributed by atoms with Crippen LogP contribution < -0.4 is 14.5 Å². The summed E-state index contributed by atoms with van der Waals surface area (Å²) in [7, 11) is 3.09. The van der Waals surface area contributed by atoms with Crippen LogP contribution in [0.15, 0.2) is 77.7 Å². The lowest BCUT2D eigenvalue weighted by Crippen LogP contribution is -2.21. The highest BCUT2D eigenvalue weighted by molar-refractivity contribution is 6.37. The average Bonchev–Trinajstić information content (AvgIpc) is 3.15. The van der Waals surface area contributed by atoms with Gasteiger partial charge in [0.2, 0.25) is 0 Å². The first-order valence-electron chi connectivity index (χ1n) is 9.62. The third-order valence-corrected chi connectivity index (χ3v) is 4.89. The molecular weight excluding hydrogens is 410 g/mol. The zero-order valence-corrected chi connectivity index (χ0v) is 17.4. The second-order valence-electron chi connectivity index (χ2n) is 6.83. The van der Waals surface area contributed by atoms with Crippen LogP contribution in [0, 0.1) is 0 Å². The fraction of sp³-hybridized carbons (Fsp3) is 0.0833. The Morgan fingerprint density at radius 1 is 1.03 bits per heavy atom. The number of hydrogen-bond acceptors (Lipinski definition) is 6. The molecule has 0 atom stereocenters. The molecule has 1 aromatic heterocycles. The summed E-state index contributed by atoms with van der Waals surface area (Å²) in [6.07, 6.45) is 4.99. The SMILES string of the molecule is COc1ccc(/C=C2\C(=O)N(c3ccc(C(=O)O)cc3)N=C2c2cccnc2)cc1OC. The molecule has 0 bridgehead atoms. The maximum atomic E-state index is 13.3. The first kappa shape index (κ1) is 20.8. The van der Waals surface area contributed by atoms with Gasteiger partial charge in [-0.2, -0.15) is 10.1 Å². The number of benzene rings is 2. The molecule has 0 saturated heterocycles. The first-order chi connectivity index (χ1) is 15.5. The standard InChI is InChI=1S/C24H19N3O5/c1-31-20-10-5-15(13-21(20)32-2)12-19-22(17-4-3-11-25-14-17)26-27(23(19)28)18-8-6-16(7-9-18)24(29)30/h3-14H,1-2H3,(H,29,30)/b19-12-. The summed E-state index contributed by atoms with van der Waals surface area (Å²) >= 11 is 0. The van der Waals surface area contributed by atoms with Crippen LogP contribution >= 0.6 is 0 Å². The number of carbonyl (C=O) groups is 2. The van der Waals surface area contributed by atoms with Gasteiger partial charge < -0.3 is 14.6 Å². The van der Waals surface area contributed by atoms with E-state index < -0.39 is 5.97 Å². The van der Waals surface area contributed by atoms with Crippen LogP contribution in [0.3, 0.4) is 0 Å². The Hall–Kier alpha value is -4.46. The molecule has 1 amide bonds. The van der Waals surface area contributed by atoms with Crippen LogP contribution in [0.2, 0.25) is 0 Å². The molecule has 1 N–H and O–H groups in total. The van der Waals surface area contributed by atoms with Gasteiger partial charge in [-0.3, -0.25) is 9.78 Å². The molecule has 1 aliphatic heterocycles. The van der Waals surface area contributed by atoms with Gasteiger partial charge in [0, 0.05) is 18.0 Å². The maximum Gasteiger partial charge on any atom is 0.335 e. The smallest absolute Gasteiger partial charge is 0.335 e. The Morgan fingerprint density at radius 3 is 2.41 bits per heavy atom. The van der Waals surface area contributed by atoms with Gasteiger partial charge in [-0.1, -0.05) is 6.07 Å². The monoisotopic (exact) mass is 429 g/mol. The summed E-state index contributed by atoms with van der Waals surface area (Å²) in [5.41, 5.74) is 2.81. The number of pyridine rings is 1. The molecular formula is C24H19N3O5. The van der Waals surface area contributed by atoms with Crippen LogP contribution in [-0.2, 0) is 4.79 Å². The van der Waals surface area contributed by atoms with Gasteiger partial charge in [0.15, 0.2) is 11.5 Å². The number of carboxylic acids is 1. The van der Waals surface area contributed by atoms with Crippen molar-refractivity contribution in [3.8, 4) is 11.5 Å². The molecule has 1 aliphatic rings. The minimum absolute atomic E-state index is 0.123. The predicted molar refractivity (Wildman–Crippen MR) is 119 cm³/mol. The second kappa shape index (κ2) is 8.73. The minimum atomic E-state index is -1.04. The van der Waals surface area contributed by atoms with E-state index in [1.54, 1.807) is 63.0 Å². The van der Waals surface area contributed by atoms with E-state index >= 15 is 0 Å². The van der Waals surface area contributed by atoms with Gasteiger partial charge in [0.1, 0.15) is 5.71 Å². The summed E-state index contributed by atoms with van der Waals surface area (Å²) < 4.78 is 10.6. The number of aromatic nitrogens is 1. The van der Waals surface area contributed by atoms with Crippen molar-refractivity contribution in [1.29, 1.82) is 0 Å². The van der Waals surface area contributed by atoms with Crippen LogP contribution in [-0.4, -0.2) is 41.9 Å². The largest absolute Gasteiger partial charge is 0.493 e. The third-order valence-electron chi connectivity index (χ3n) is 4.89. The van der Waals surface area contributed by atoms with E-state index in [2.05, 4.69) is 10.1 Å². The lowest BCUT2D eigenvalue weighted by atomic mass is 10.0. The second-order valence-corrected chi connectivity index (χ2v) is 6.83. The summed E-state index contributed by atoms with van der Waals surface area (Å²) in [6, 6.07) is 14.9. The minimum Gasteiger partial charge on any atom is -0.493 e. The van der Waals surface area contributed by atoms with Crippen molar-refractivity contribution in [2.45, 2.75) is 0 Å². The molecule has 4 rings (SSSR count). The Balaban J connectivity index is 1.79. The van der Waals surface area contributed by atoms with Crippen LogP contribution in [0.4, 0.5) is 5.69 Å². The number of rotatable bonds is 6. The van der Waals surface area contributed by atoms with E-state index in [0.717, 1.165) is 5.56 Å². The summed E-state index contributed by atoms with van der Waals surface area (Å²) in [5, 5.41) is 14.9. The fourth-order valence-electron chi connectivity index (χ4n) is 3.29. The van der Waals surface area contributed by atoms with E-state index in [1.165, 1.54) is 17.1 Å². The molecule has 0 saturated carbocycles. The molecule has 8 nitrogen and oxygen atoms in total. The van der Waals surface area contributed by atoms with Gasteiger partial charge in [-0.15, -0.1) is 0 Å². The van der Waals surface area contributed by atoms with Crippen LogP contribution in [0.25, 0.3) is 6.08 Å². The number of amides is 1. The number of hydrogen-bond donors (Lipinski definition) is 1. The van der Waals surface area contributed by atoms with Crippen molar-refractivity contribution in [3.63, 3.8) is 0 Å². The average molecular weight is 429 g/mol. The van der Waals surface area contributed by atoms with Crippen molar-refractivity contribution < 1.29 is 24.2 Å². The molecule has 0 radical (unpaired) electrons. The Bertz CT molecular complexity index is 1230. The van der Waals surface area contributed by atoms with E-state index in [1.807, 2.05) is 12.1 Å². The number of hydrazone groups is 1.